The van der Waals surface area contributed by atoms with Gasteiger partial charge in [0, 0.05) is 6.54 Å². The van der Waals surface area contributed by atoms with Crippen molar-refractivity contribution in [1.29, 1.82) is 0 Å². The summed E-state index contributed by atoms with van der Waals surface area (Å²) in [4.78, 5) is 22.5. The number of hydrogen-bond donors (Lipinski definition) is 3. The molecule has 1 aromatic heterocycles. The number of aryl methyl sites for hydroxylation is 1. The zero-order chi connectivity index (χ0) is 12.8. The number of carboxylic acid groups (broad SMARTS) is 1. The molecular weight excluding hydrogens is 240 g/mol. The number of carboxylic acids is 1. The lowest BCUT2D eigenvalue weighted by molar-refractivity contribution is 0.0697. The molecule has 0 bridgehead atoms. The Hall–Kier alpha value is -1.56. The van der Waals surface area contributed by atoms with Gasteiger partial charge in [-0.05, 0) is 24.3 Å². The second-order valence-electron chi connectivity index (χ2n) is 3.50. The summed E-state index contributed by atoms with van der Waals surface area (Å²) in [5, 5.41) is 16.4. The van der Waals surface area contributed by atoms with E-state index in [9.17, 15) is 9.59 Å². The lowest BCUT2D eigenvalue weighted by atomic mass is 10.1. The Kier molecular flexibility index (Phi) is 4.96. The average molecular weight is 256 g/mol. The smallest absolute Gasteiger partial charge is 0.338 e. The highest BCUT2D eigenvalue weighted by atomic mass is 32.1. The Labute approximate surface area is 104 Å². The van der Waals surface area contributed by atoms with Crippen LogP contribution in [0.15, 0.2) is 5.38 Å². The third-order valence-corrected chi connectivity index (χ3v) is 3.11. The molecule has 0 aliphatic heterocycles. The van der Waals surface area contributed by atoms with Gasteiger partial charge in [-0.2, -0.15) is 0 Å². The van der Waals surface area contributed by atoms with Crippen molar-refractivity contribution in [3.8, 4) is 0 Å². The lowest BCUT2D eigenvalue weighted by Crippen LogP contribution is -2.28. The van der Waals surface area contributed by atoms with Crippen molar-refractivity contribution in [3.63, 3.8) is 0 Å². The molecule has 3 N–H and O–H groups in total. The molecule has 0 fully saturated rings. The van der Waals surface area contributed by atoms with Gasteiger partial charge in [0.15, 0.2) is 0 Å². The summed E-state index contributed by atoms with van der Waals surface area (Å²) in [5.41, 5.74) is 0.986. The summed E-state index contributed by atoms with van der Waals surface area (Å²) in [7, 11) is 0. The van der Waals surface area contributed by atoms with Crippen LogP contribution in [0, 0.1) is 0 Å². The summed E-state index contributed by atoms with van der Waals surface area (Å²) >= 11 is 1.25. The molecule has 94 valence electrons. The molecule has 0 spiro atoms. The minimum atomic E-state index is -0.999. The van der Waals surface area contributed by atoms with Crippen LogP contribution >= 0.6 is 11.3 Å². The van der Waals surface area contributed by atoms with Crippen LogP contribution in [-0.4, -0.2) is 23.7 Å². The molecule has 0 aliphatic rings. The van der Waals surface area contributed by atoms with Gasteiger partial charge in [-0.3, -0.25) is 5.32 Å². The van der Waals surface area contributed by atoms with Crippen LogP contribution < -0.4 is 10.6 Å². The molecule has 0 saturated carbocycles. The number of urea groups is 1. The fourth-order valence-corrected chi connectivity index (χ4v) is 2.46. The number of nitrogens with one attached hydrogen (secondary N) is 2. The molecule has 0 unspecified atom stereocenters. The van der Waals surface area contributed by atoms with Gasteiger partial charge in [-0.15, -0.1) is 11.3 Å². The Balaban J connectivity index is 2.91. The first-order valence-electron chi connectivity index (χ1n) is 5.48. The van der Waals surface area contributed by atoms with E-state index in [4.69, 9.17) is 5.11 Å². The van der Waals surface area contributed by atoms with Crippen molar-refractivity contribution in [2.24, 2.45) is 0 Å². The van der Waals surface area contributed by atoms with Crippen molar-refractivity contribution in [3.05, 3.63) is 16.5 Å². The first kappa shape index (κ1) is 13.5. The van der Waals surface area contributed by atoms with E-state index in [0.29, 0.717) is 18.0 Å². The average Bonchev–Trinajstić information content (AvgIpc) is 2.62. The van der Waals surface area contributed by atoms with Gasteiger partial charge >= 0.3 is 12.0 Å². The maximum absolute atomic E-state index is 11.3. The van der Waals surface area contributed by atoms with E-state index in [1.165, 1.54) is 11.3 Å². The van der Waals surface area contributed by atoms with Crippen LogP contribution in [0.25, 0.3) is 0 Å². The minimum absolute atomic E-state index is 0.211. The number of hydrogen-bond acceptors (Lipinski definition) is 3. The third kappa shape index (κ3) is 3.45. The van der Waals surface area contributed by atoms with Gasteiger partial charge in [-0.25, -0.2) is 9.59 Å². The number of amides is 2. The maximum atomic E-state index is 11.3. The van der Waals surface area contributed by atoms with Crippen molar-refractivity contribution < 1.29 is 14.7 Å². The first-order chi connectivity index (χ1) is 8.10. The van der Waals surface area contributed by atoms with Crippen LogP contribution in [0.3, 0.4) is 0 Å². The van der Waals surface area contributed by atoms with E-state index < -0.39 is 5.97 Å². The topological polar surface area (TPSA) is 78.4 Å². The second kappa shape index (κ2) is 6.24. The Morgan fingerprint density at radius 1 is 1.41 bits per heavy atom. The minimum Gasteiger partial charge on any atom is -0.478 e. The van der Waals surface area contributed by atoms with Crippen molar-refractivity contribution in [2.45, 2.75) is 26.7 Å². The van der Waals surface area contributed by atoms with E-state index in [2.05, 4.69) is 10.6 Å². The zero-order valence-corrected chi connectivity index (χ0v) is 10.7. The third-order valence-electron chi connectivity index (χ3n) is 2.16. The number of aromatic carboxylic acids is 1. The maximum Gasteiger partial charge on any atom is 0.338 e. The molecule has 6 heteroatoms. The molecule has 17 heavy (non-hydrogen) atoms. The first-order valence-corrected chi connectivity index (χ1v) is 6.36. The molecule has 1 aromatic rings. The predicted octanol–water partition coefficient (Wildman–Crippen LogP) is 2.54. The van der Waals surface area contributed by atoms with Crippen LogP contribution in [0.1, 0.15) is 36.2 Å². The molecule has 2 amide bonds. The monoisotopic (exact) mass is 256 g/mol. The number of carbonyl (C=O) groups is 2. The van der Waals surface area contributed by atoms with Crippen molar-refractivity contribution >= 4 is 28.3 Å². The highest BCUT2D eigenvalue weighted by Crippen LogP contribution is 2.29. The predicted molar refractivity (Wildman–Crippen MR) is 68.0 cm³/mol. The van der Waals surface area contributed by atoms with Crippen molar-refractivity contribution in [1.82, 2.24) is 5.32 Å². The fourth-order valence-electron chi connectivity index (χ4n) is 1.48. The largest absolute Gasteiger partial charge is 0.478 e. The van der Waals surface area contributed by atoms with Crippen LogP contribution in [0.2, 0.25) is 0 Å². The van der Waals surface area contributed by atoms with Crippen LogP contribution in [0.4, 0.5) is 9.80 Å². The van der Waals surface area contributed by atoms with Crippen LogP contribution in [0.5, 0.6) is 0 Å². The summed E-state index contributed by atoms with van der Waals surface area (Å²) < 4.78 is 0. The second-order valence-corrected chi connectivity index (χ2v) is 4.38. The summed E-state index contributed by atoms with van der Waals surface area (Å²) in [5.74, 6) is -0.999. The lowest BCUT2D eigenvalue weighted by Gasteiger charge is -2.05. The summed E-state index contributed by atoms with van der Waals surface area (Å²) in [6, 6.07) is -0.375. The Morgan fingerprint density at radius 3 is 2.65 bits per heavy atom. The molecule has 0 aromatic carbocycles. The van der Waals surface area contributed by atoms with Crippen molar-refractivity contribution in [2.75, 3.05) is 11.9 Å². The number of rotatable bonds is 5. The van der Waals surface area contributed by atoms with Gasteiger partial charge in [0.05, 0.1) is 5.56 Å². The molecule has 1 heterocycles. The van der Waals surface area contributed by atoms with E-state index in [1.54, 1.807) is 12.3 Å². The quantitative estimate of drug-likeness (QED) is 0.757. The van der Waals surface area contributed by atoms with E-state index in [1.807, 2.05) is 6.92 Å². The highest BCUT2D eigenvalue weighted by molar-refractivity contribution is 7.15. The van der Waals surface area contributed by atoms with Gasteiger partial charge in [0.2, 0.25) is 0 Å². The zero-order valence-electron chi connectivity index (χ0n) is 9.87. The van der Waals surface area contributed by atoms with E-state index in [0.717, 1.165) is 12.0 Å². The molecular formula is C11H16N2O3S. The summed E-state index contributed by atoms with van der Waals surface area (Å²) in [6.45, 7) is 4.29. The van der Waals surface area contributed by atoms with Gasteiger partial charge in [-0.1, -0.05) is 13.3 Å². The highest BCUT2D eigenvalue weighted by Gasteiger charge is 2.18. The van der Waals surface area contributed by atoms with Gasteiger partial charge in [0.1, 0.15) is 5.00 Å². The molecule has 0 saturated heterocycles. The number of anilines is 1. The molecule has 5 nitrogen and oxygen atoms in total. The molecule has 0 aliphatic carbocycles. The normalized spacial score (nSPS) is 10.0. The Bertz CT molecular complexity index is 415. The number of carbonyl (C=O) groups excluding carboxylic acids is 1. The molecule has 0 atom stereocenters. The molecule has 1 rings (SSSR count). The number of thiophene rings is 1. The SMILES string of the molecule is CCCc1csc(NC(=O)NCC)c1C(=O)O. The van der Waals surface area contributed by atoms with Gasteiger partial charge < -0.3 is 10.4 Å². The van der Waals surface area contributed by atoms with Crippen LogP contribution in [-0.2, 0) is 6.42 Å². The van der Waals surface area contributed by atoms with E-state index in [-0.39, 0.29) is 11.6 Å². The fraction of sp³-hybridized carbons (Fsp3) is 0.455. The Morgan fingerprint density at radius 2 is 2.12 bits per heavy atom. The van der Waals surface area contributed by atoms with Gasteiger partial charge in [0.25, 0.3) is 0 Å². The molecule has 0 radical (unpaired) electrons. The van der Waals surface area contributed by atoms with E-state index >= 15 is 0 Å². The standard InChI is InChI=1S/C11H16N2O3S/c1-3-5-7-6-17-9(8(7)10(14)15)13-11(16)12-4-2/h6H,3-5H2,1-2H3,(H,14,15)(H2,12,13,16). The summed E-state index contributed by atoms with van der Waals surface area (Å²) in [6.07, 6.45) is 1.58.